The molecule has 2 aliphatic heterocycles. The van der Waals surface area contributed by atoms with Gasteiger partial charge in [-0.05, 0) is 51.4 Å². The number of ether oxygens (including phenoxy) is 1. The van der Waals surface area contributed by atoms with Gasteiger partial charge in [0.25, 0.3) is 5.91 Å². The number of likely N-dealkylation sites (tertiary alicyclic amines) is 1. The average Bonchev–Trinajstić information content (AvgIpc) is 3.24. The van der Waals surface area contributed by atoms with Gasteiger partial charge in [0.2, 0.25) is 0 Å². The summed E-state index contributed by atoms with van der Waals surface area (Å²) < 4.78 is 6.56. The third-order valence-electron chi connectivity index (χ3n) is 5.24. The van der Waals surface area contributed by atoms with Gasteiger partial charge < -0.3 is 14.5 Å². The van der Waals surface area contributed by atoms with Gasteiger partial charge in [0, 0.05) is 12.1 Å². The molecule has 1 amide bonds. The fourth-order valence-electron chi connectivity index (χ4n) is 4.12. The van der Waals surface area contributed by atoms with Crippen LogP contribution in [0.3, 0.4) is 0 Å². The number of nitrogens with zero attached hydrogens (tertiary/aromatic N) is 2. The van der Waals surface area contributed by atoms with Crippen molar-refractivity contribution in [2.45, 2.75) is 36.9 Å². The van der Waals surface area contributed by atoms with E-state index in [-0.39, 0.29) is 17.1 Å². The van der Waals surface area contributed by atoms with E-state index >= 15 is 0 Å². The number of rotatable bonds is 1. The van der Waals surface area contributed by atoms with Crippen LogP contribution in [0.2, 0.25) is 0 Å². The van der Waals surface area contributed by atoms with E-state index in [2.05, 4.69) is 11.9 Å². The Bertz CT molecular complexity index is 570. The summed E-state index contributed by atoms with van der Waals surface area (Å²) in [4.78, 5) is 17.3. The van der Waals surface area contributed by atoms with Crippen LogP contribution >= 0.6 is 0 Å². The molecule has 1 unspecified atom stereocenters. The van der Waals surface area contributed by atoms with E-state index in [1.54, 1.807) is 0 Å². The molecule has 0 bridgehead atoms. The number of piperidine rings is 1. The molecule has 1 aromatic rings. The zero-order chi connectivity index (χ0) is 15.2. The van der Waals surface area contributed by atoms with Crippen LogP contribution < -0.4 is 0 Å². The van der Waals surface area contributed by atoms with Crippen molar-refractivity contribution in [3.63, 3.8) is 0 Å². The molecule has 0 aromatic heterocycles. The van der Waals surface area contributed by atoms with Crippen LogP contribution in [0.25, 0.3) is 0 Å². The van der Waals surface area contributed by atoms with Gasteiger partial charge in [0.1, 0.15) is 0 Å². The molecule has 1 saturated carbocycles. The Labute approximate surface area is 132 Å². The number of likely N-dealkylation sites (N-methyl/N-ethyl adjacent to an activating group) is 1. The van der Waals surface area contributed by atoms with E-state index in [1.807, 2.05) is 35.2 Å². The molecule has 0 radical (unpaired) electrons. The van der Waals surface area contributed by atoms with Crippen molar-refractivity contribution >= 4 is 5.91 Å². The second-order valence-corrected chi connectivity index (χ2v) is 7.34. The highest BCUT2D eigenvalue weighted by atomic mass is 16.5. The van der Waals surface area contributed by atoms with E-state index in [4.69, 9.17) is 4.74 Å². The fourth-order valence-corrected chi connectivity index (χ4v) is 4.12. The lowest BCUT2D eigenvalue weighted by Crippen LogP contribution is -2.63. The predicted octanol–water partition coefficient (Wildman–Crippen LogP) is 2.16. The Hall–Kier alpha value is -1.39. The van der Waals surface area contributed by atoms with Gasteiger partial charge in [0.05, 0.1) is 24.3 Å². The van der Waals surface area contributed by atoms with Crippen LogP contribution in [0.1, 0.15) is 36.0 Å². The van der Waals surface area contributed by atoms with Crippen molar-refractivity contribution in [3.05, 3.63) is 35.9 Å². The maximum absolute atomic E-state index is 12.9. The number of benzene rings is 1. The number of hydrogen-bond acceptors (Lipinski definition) is 3. The van der Waals surface area contributed by atoms with Gasteiger partial charge >= 0.3 is 0 Å². The van der Waals surface area contributed by atoms with E-state index < -0.39 is 0 Å². The first-order valence-corrected chi connectivity index (χ1v) is 8.33. The smallest absolute Gasteiger partial charge is 0.254 e. The standard InChI is InChI=1S/C18H24N2O2/c1-19-11-5-8-18(12-19)14-20(13-17(22-18)9-10-17)16(21)15-6-3-2-4-7-15/h2-4,6-7H,5,8-14H2,1H3. The van der Waals surface area contributed by atoms with Crippen LogP contribution in [-0.4, -0.2) is 60.1 Å². The topological polar surface area (TPSA) is 32.8 Å². The number of carbonyl (C=O) groups excluding carboxylic acids is 1. The first-order valence-electron chi connectivity index (χ1n) is 8.33. The number of morpholine rings is 1. The summed E-state index contributed by atoms with van der Waals surface area (Å²) in [5, 5.41) is 0. The molecular formula is C18H24N2O2. The van der Waals surface area contributed by atoms with Crippen LogP contribution in [-0.2, 0) is 4.74 Å². The Morgan fingerprint density at radius 1 is 1.05 bits per heavy atom. The first kappa shape index (κ1) is 14.2. The van der Waals surface area contributed by atoms with E-state index in [1.165, 1.54) is 0 Å². The van der Waals surface area contributed by atoms with E-state index in [0.29, 0.717) is 0 Å². The minimum absolute atomic E-state index is 0.0547. The van der Waals surface area contributed by atoms with Crippen LogP contribution in [0, 0.1) is 0 Å². The van der Waals surface area contributed by atoms with Crippen LogP contribution in [0.15, 0.2) is 30.3 Å². The normalized spacial score (nSPS) is 30.7. The Balaban J connectivity index is 1.59. The van der Waals surface area contributed by atoms with Gasteiger partial charge in [0.15, 0.2) is 0 Å². The molecule has 118 valence electrons. The zero-order valence-electron chi connectivity index (χ0n) is 13.3. The molecule has 1 atom stereocenters. The largest absolute Gasteiger partial charge is 0.364 e. The number of carbonyl (C=O) groups is 1. The second kappa shape index (κ2) is 5.07. The van der Waals surface area contributed by atoms with Crippen molar-refractivity contribution in [2.24, 2.45) is 0 Å². The fraction of sp³-hybridized carbons (Fsp3) is 0.611. The molecular weight excluding hydrogens is 276 g/mol. The third kappa shape index (κ3) is 2.55. The lowest BCUT2D eigenvalue weighted by Gasteiger charge is -2.50. The third-order valence-corrected chi connectivity index (χ3v) is 5.24. The summed E-state index contributed by atoms with van der Waals surface area (Å²) in [7, 11) is 2.15. The van der Waals surface area contributed by atoms with Crippen LogP contribution in [0.5, 0.6) is 0 Å². The van der Waals surface area contributed by atoms with Gasteiger partial charge in [-0.1, -0.05) is 18.2 Å². The summed E-state index contributed by atoms with van der Waals surface area (Å²) in [6.45, 7) is 3.55. The molecule has 1 aliphatic carbocycles. The molecule has 2 spiro atoms. The molecule has 22 heavy (non-hydrogen) atoms. The molecule has 4 nitrogen and oxygen atoms in total. The van der Waals surface area contributed by atoms with Crippen molar-refractivity contribution in [1.29, 1.82) is 0 Å². The minimum Gasteiger partial charge on any atom is -0.364 e. The molecule has 2 saturated heterocycles. The quantitative estimate of drug-likeness (QED) is 0.797. The lowest BCUT2D eigenvalue weighted by molar-refractivity contribution is -0.180. The zero-order valence-corrected chi connectivity index (χ0v) is 13.3. The molecule has 4 rings (SSSR count). The summed E-state index contributed by atoms with van der Waals surface area (Å²) >= 11 is 0. The Kier molecular flexibility index (Phi) is 3.27. The van der Waals surface area contributed by atoms with Crippen molar-refractivity contribution in [1.82, 2.24) is 9.80 Å². The highest BCUT2D eigenvalue weighted by Gasteiger charge is 2.56. The molecule has 2 heterocycles. The maximum atomic E-state index is 12.9. The van der Waals surface area contributed by atoms with Crippen molar-refractivity contribution in [3.8, 4) is 0 Å². The van der Waals surface area contributed by atoms with Gasteiger partial charge in [-0.2, -0.15) is 0 Å². The Morgan fingerprint density at radius 2 is 1.77 bits per heavy atom. The maximum Gasteiger partial charge on any atom is 0.254 e. The van der Waals surface area contributed by atoms with E-state index in [9.17, 15) is 4.79 Å². The first-order chi connectivity index (χ1) is 10.6. The summed E-state index contributed by atoms with van der Waals surface area (Å²) in [6.07, 6.45) is 4.41. The number of hydrogen-bond donors (Lipinski definition) is 0. The predicted molar refractivity (Wildman–Crippen MR) is 84.9 cm³/mol. The minimum atomic E-state index is -0.161. The van der Waals surface area contributed by atoms with E-state index in [0.717, 1.165) is 57.4 Å². The van der Waals surface area contributed by atoms with Crippen molar-refractivity contribution < 1.29 is 9.53 Å². The van der Waals surface area contributed by atoms with Crippen LogP contribution in [0.4, 0.5) is 0 Å². The molecule has 3 fully saturated rings. The average molecular weight is 300 g/mol. The highest BCUT2D eigenvalue weighted by molar-refractivity contribution is 5.94. The second-order valence-electron chi connectivity index (χ2n) is 7.34. The van der Waals surface area contributed by atoms with Gasteiger partial charge in [-0.3, -0.25) is 4.79 Å². The summed E-state index contributed by atoms with van der Waals surface area (Å²) in [6, 6.07) is 9.65. The van der Waals surface area contributed by atoms with Gasteiger partial charge in [-0.15, -0.1) is 0 Å². The SMILES string of the molecule is CN1CCCC2(C1)CN(C(=O)c1ccccc1)CC1(CC1)O2. The Morgan fingerprint density at radius 3 is 2.45 bits per heavy atom. The molecule has 1 aromatic carbocycles. The molecule has 4 heteroatoms. The summed E-state index contributed by atoms with van der Waals surface area (Å²) in [5.74, 6) is 0.155. The lowest BCUT2D eigenvalue weighted by atomic mass is 9.89. The molecule has 3 aliphatic rings. The van der Waals surface area contributed by atoms with Crippen molar-refractivity contribution in [2.75, 3.05) is 33.2 Å². The summed E-state index contributed by atoms with van der Waals surface area (Å²) in [5.41, 5.74) is 0.576. The number of amides is 1. The highest BCUT2D eigenvalue weighted by Crippen LogP contribution is 2.48. The van der Waals surface area contributed by atoms with Gasteiger partial charge in [-0.25, -0.2) is 0 Å². The molecule has 0 N–H and O–H groups in total. The monoisotopic (exact) mass is 300 g/mol.